The van der Waals surface area contributed by atoms with E-state index in [1.807, 2.05) is 11.0 Å². The summed E-state index contributed by atoms with van der Waals surface area (Å²) in [7, 11) is 2.79. The van der Waals surface area contributed by atoms with E-state index in [1.54, 1.807) is 13.0 Å². The first-order valence-electron chi connectivity index (χ1n) is 11.7. The molecule has 0 spiro atoms. The molecule has 5 rings (SSSR count). The Morgan fingerprint density at radius 2 is 1.97 bits per heavy atom. The highest BCUT2D eigenvalue weighted by Crippen LogP contribution is 2.41. The van der Waals surface area contributed by atoms with Crippen LogP contribution in [0.5, 0.6) is 5.75 Å². The minimum Gasteiger partial charge on any atom is -0.458 e. The molecule has 0 saturated carbocycles. The number of nitrogens with zero attached hydrogens (tertiary/aromatic N) is 2. The zero-order chi connectivity index (χ0) is 26.3. The molecule has 1 aromatic heterocycles. The Labute approximate surface area is 211 Å². The molecule has 194 valence electrons. The molecule has 2 amide bonds. The van der Waals surface area contributed by atoms with Crippen LogP contribution in [0.1, 0.15) is 24.6 Å². The maximum Gasteiger partial charge on any atom is 0.412 e. The van der Waals surface area contributed by atoms with Gasteiger partial charge in [-0.15, -0.1) is 0 Å². The number of cyclic esters (lactones) is 1. The van der Waals surface area contributed by atoms with Gasteiger partial charge in [-0.25, -0.2) is 23.8 Å². The van der Waals surface area contributed by atoms with Crippen LogP contribution in [0, 0.1) is 5.82 Å². The van der Waals surface area contributed by atoms with E-state index in [1.165, 1.54) is 26.2 Å². The molecule has 2 N–H and O–H groups in total. The van der Waals surface area contributed by atoms with Crippen molar-refractivity contribution in [1.29, 1.82) is 0 Å². The maximum absolute atomic E-state index is 14.7. The third kappa shape index (κ3) is 4.12. The molecular formula is C25H25FN4O7. The van der Waals surface area contributed by atoms with Gasteiger partial charge in [-0.2, -0.15) is 0 Å². The van der Waals surface area contributed by atoms with Crippen molar-refractivity contribution in [3.8, 4) is 5.75 Å². The van der Waals surface area contributed by atoms with Gasteiger partial charge in [0.1, 0.15) is 13.3 Å². The first kappa shape index (κ1) is 24.5. The van der Waals surface area contributed by atoms with Crippen molar-refractivity contribution in [3.63, 3.8) is 0 Å². The van der Waals surface area contributed by atoms with Gasteiger partial charge in [0, 0.05) is 43.2 Å². The molecule has 37 heavy (non-hydrogen) atoms. The number of halogens is 1. The van der Waals surface area contributed by atoms with Gasteiger partial charge in [-0.3, -0.25) is 0 Å². The van der Waals surface area contributed by atoms with Gasteiger partial charge in [0.05, 0.1) is 23.5 Å². The fraction of sp³-hybridized carbons (Fsp3) is 0.360. The zero-order valence-corrected chi connectivity index (χ0v) is 20.5. The number of alkyl carbamates (subject to hydrolysis) is 1. The number of carbonyl (C=O) groups is 3. The normalized spacial score (nSPS) is 22.0. The van der Waals surface area contributed by atoms with E-state index in [2.05, 4.69) is 10.6 Å². The van der Waals surface area contributed by atoms with Crippen LogP contribution < -0.4 is 15.4 Å². The lowest BCUT2D eigenvalue weighted by molar-refractivity contribution is -0.163. The fourth-order valence-corrected chi connectivity index (χ4v) is 4.72. The average molecular weight is 512 g/mol. The standard InChI is InChI=1S/C25H25FN4O7/c1-4-25(37-24(33)28-3)16-7-19-21-14(9-30(19)12-34-10-15(16)11-35-22(25)31)5-13-6-20(36-23(32)27-2)17(26)8-18(13)29-21/h5-8H,4,9-12H2,1-3H3,(H,27,32)(H,28,33)/b19-7-/t25-/m0/s1. The summed E-state index contributed by atoms with van der Waals surface area (Å²) in [5.41, 5.74) is 1.89. The molecule has 0 bridgehead atoms. The van der Waals surface area contributed by atoms with Crippen LogP contribution in [0.4, 0.5) is 14.0 Å². The number of benzene rings is 1. The van der Waals surface area contributed by atoms with Crippen LogP contribution in [0.25, 0.3) is 16.6 Å². The summed E-state index contributed by atoms with van der Waals surface area (Å²) in [6.07, 6.45) is 0.369. The maximum atomic E-state index is 14.7. The molecule has 0 aliphatic carbocycles. The van der Waals surface area contributed by atoms with Gasteiger partial charge in [0.15, 0.2) is 11.6 Å². The second-order valence-electron chi connectivity index (χ2n) is 8.73. The van der Waals surface area contributed by atoms with Crippen LogP contribution in [-0.4, -0.2) is 67.7 Å². The average Bonchev–Trinajstić information content (AvgIpc) is 3.19. The van der Waals surface area contributed by atoms with Crippen LogP contribution in [0.3, 0.4) is 0 Å². The van der Waals surface area contributed by atoms with E-state index >= 15 is 0 Å². The minimum atomic E-state index is -1.66. The van der Waals surface area contributed by atoms with Gasteiger partial charge in [0.2, 0.25) is 5.60 Å². The molecule has 3 aliphatic heterocycles. The predicted octanol–water partition coefficient (Wildman–Crippen LogP) is 2.59. The van der Waals surface area contributed by atoms with Crippen molar-refractivity contribution < 1.29 is 37.7 Å². The molecular weight excluding hydrogens is 487 g/mol. The molecule has 1 aromatic carbocycles. The summed E-state index contributed by atoms with van der Waals surface area (Å²) in [6.45, 7) is 2.59. The van der Waals surface area contributed by atoms with Gasteiger partial charge in [-0.1, -0.05) is 6.92 Å². The summed E-state index contributed by atoms with van der Waals surface area (Å²) in [4.78, 5) is 43.4. The lowest BCUT2D eigenvalue weighted by Crippen LogP contribution is -2.51. The molecule has 2 aromatic rings. The third-order valence-electron chi connectivity index (χ3n) is 6.60. The summed E-state index contributed by atoms with van der Waals surface area (Å²) < 4.78 is 36.6. The number of aromatic nitrogens is 1. The van der Waals surface area contributed by atoms with Crippen molar-refractivity contribution in [2.75, 3.05) is 34.0 Å². The largest absolute Gasteiger partial charge is 0.458 e. The highest BCUT2D eigenvalue weighted by atomic mass is 19.1. The van der Waals surface area contributed by atoms with Gasteiger partial charge < -0.3 is 34.5 Å². The Morgan fingerprint density at radius 1 is 1.19 bits per heavy atom. The first-order chi connectivity index (χ1) is 17.8. The highest BCUT2D eigenvalue weighted by molar-refractivity contribution is 5.91. The van der Waals surface area contributed by atoms with Crippen molar-refractivity contribution in [2.45, 2.75) is 25.5 Å². The Morgan fingerprint density at radius 3 is 2.70 bits per heavy atom. The monoisotopic (exact) mass is 512 g/mol. The van der Waals surface area contributed by atoms with Gasteiger partial charge >= 0.3 is 18.2 Å². The number of rotatable bonds is 3. The number of amides is 2. The Bertz CT molecular complexity index is 1390. The number of hydrogen-bond acceptors (Lipinski definition) is 9. The SMILES string of the molecule is CC[C@@]1(OC(=O)NC)C(=O)OCC2=C1/C=C1/c3nc4cc(F)c(OC(=O)NC)cc4cc3CN1COC2. The minimum absolute atomic E-state index is 0.00807. The number of pyridine rings is 1. The van der Waals surface area contributed by atoms with Crippen LogP contribution in [0.15, 0.2) is 35.4 Å². The molecule has 0 unspecified atom stereocenters. The summed E-state index contributed by atoms with van der Waals surface area (Å²) in [5.74, 6) is -1.62. The molecule has 4 heterocycles. The number of fused-ring (bicyclic) bond motifs is 4. The summed E-state index contributed by atoms with van der Waals surface area (Å²) >= 11 is 0. The predicted molar refractivity (Wildman–Crippen MR) is 128 cm³/mol. The molecule has 1 atom stereocenters. The Balaban J connectivity index is 1.64. The highest BCUT2D eigenvalue weighted by Gasteiger charge is 2.50. The van der Waals surface area contributed by atoms with Gasteiger partial charge in [-0.05, 0) is 30.2 Å². The van der Waals surface area contributed by atoms with Crippen LogP contribution >= 0.6 is 0 Å². The summed E-state index contributed by atoms with van der Waals surface area (Å²) in [6, 6.07) is 4.47. The van der Waals surface area contributed by atoms with E-state index in [0.29, 0.717) is 40.0 Å². The van der Waals surface area contributed by atoms with Crippen LogP contribution in [-0.2, 0) is 25.5 Å². The zero-order valence-electron chi connectivity index (χ0n) is 20.5. The Kier molecular flexibility index (Phi) is 6.20. The lowest BCUT2D eigenvalue weighted by atomic mass is 9.84. The second-order valence-corrected chi connectivity index (χ2v) is 8.73. The third-order valence-corrected chi connectivity index (χ3v) is 6.60. The van der Waals surface area contributed by atoms with Crippen molar-refractivity contribution >= 4 is 34.8 Å². The second kappa shape index (κ2) is 9.36. The number of esters is 1. The molecule has 11 nitrogen and oxygen atoms in total. The first-order valence-corrected chi connectivity index (χ1v) is 11.7. The number of carbonyl (C=O) groups excluding carboxylic acids is 3. The van der Waals surface area contributed by atoms with E-state index in [4.69, 9.17) is 23.9 Å². The molecule has 0 saturated heterocycles. The summed E-state index contributed by atoms with van der Waals surface area (Å²) in [5, 5.41) is 5.26. The lowest BCUT2D eigenvalue weighted by Gasteiger charge is -2.38. The smallest absolute Gasteiger partial charge is 0.412 e. The van der Waals surface area contributed by atoms with E-state index in [0.717, 1.165) is 5.56 Å². The van der Waals surface area contributed by atoms with Crippen molar-refractivity contribution in [3.05, 3.63) is 52.5 Å². The van der Waals surface area contributed by atoms with E-state index < -0.39 is 29.6 Å². The number of ether oxygens (including phenoxy) is 4. The molecule has 0 radical (unpaired) electrons. The topological polar surface area (TPSA) is 128 Å². The fourth-order valence-electron chi connectivity index (χ4n) is 4.72. The molecule has 3 aliphatic rings. The van der Waals surface area contributed by atoms with E-state index in [9.17, 15) is 18.8 Å². The Hall–Kier alpha value is -4.19. The quantitative estimate of drug-likeness (QED) is 0.597. The number of hydrogen-bond donors (Lipinski definition) is 2. The van der Waals surface area contributed by atoms with Gasteiger partial charge in [0.25, 0.3) is 0 Å². The number of nitrogens with one attached hydrogen (secondary N) is 2. The van der Waals surface area contributed by atoms with E-state index in [-0.39, 0.29) is 32.1 Å². The van der Waals surface area contributed by atoms with Crippen LogP contribution in [0.2, 0.25) is 0 Å². The van der Waals surface area contributed by atoms with Crippen molar-refractivity contribution in [2.24, 2.45) is 0 Å². The van der Waals surface area contributed by atoms with Crippen molar-refractivity contribution in [1.82, 2.24) is 20.5 Å². The molecule has 12 heteroatoms. The molecule has 0 fully saturated rings.